The van der Waals surface area contributed by atoms with E-state index < -0.39 is 0 Å². The zero-order chi connectivity index (χ0) is 10.3. The molecule has 0 heterocycles. The van der Waals surface area contributed by atoms with E-state index in [0.29, 0.717) is 12.2 Å². The van der Waals surface area contributed by atoms with Crippen LogP contribution in [0.2, 0.25) is 0 Å². The Bertz CT molecular complexity index is 187. The second-order valence-corrected chi connectivity index (χ2v) is 3.02. The summed E-state index contributed by atoms with van der Waals surface area (Å²) in [4.78, 5) is 11.1. The quantitative estimate of drug-likeness (QED) is 0.523. The van der Waals surface area contributed by atoms with Crippen LogP contribution >= 0.6 is 0 Å². The van der Waals surface area contributed by atoms with Gasteiger partial charge in [-0.15, -0.1) is 0 Å². The van der Waals surface area contributed by atoms with Gasteiger partial charge in [-0.2, -0.15) is 0 Å². The summed E-state index contributed by atoms with van der Waals surface area (Å²) in [5.41, 5.74) is 6.33. The first kappa shape index (κ1) is 12.2. The minimum absolute atomic E-state index is 0.0330. The van der Waals surface area contributed by atoms with Crippen molar-refractivity contribution in [2.24, 2.45) is 5.73 Å². The highest BCUT2D eigenvalue weighted by Gasteiger charge is 2.06. The average molecular weight is 185 g/mol. The summed E-state index contributed by atoms with van der Waals surface area (Å²) in [6.45, 7) is 5.99. The molecule has 0 bridgehead atoms. The van der Waals surface area contributed by atoms with E-state index in [1.54, 1.807) is 19.9 Å². The molecular weight excluding hydrogens is 166 g/mol. The number of rotatable bonds is 5. The normalized spacial score (nSPS) is 14.0. The van der Waals surface area contributed by atoms with Gasteiger partial charge in [0, 0.05) is 11.6 Å². The van der Waals surface area contributed by atoms with E-state index in [0.717, 1.165) is 12.8 Å². The van der Waals surface area contributed by atoms with Gasteiger partial charge in [-0.05, 0) is 20.3 Å². The monoisotopic (exact) mass is 185 g/mol. The Balaban J connectivity index is 4.06. The lowest BCUT2D eigenvalue weighted by molar-refractivity contribution is -0.138. The Morgan fingerprint density at radius 3 is 2.62 bits per heavy atom. The summed E-state index contributed by atoms with van der Waals surface area (Å²) < 4.78 is 4.82. The van der Waals surface area contributed by atoms with Crippen LogP contribution in [-0.2, 0) is 9.53 Å². The Morgan fingerprint density at radius 2 is 2.15 bits per heavy atom. The summed E-state index contributed by atoms with van der Waals surface area (Å²) in [6, 6.07) is -0.0330. The summed E-state index contributed by atoms with van der Waals surface area (Å²) in [7, 11) is 0. The molecule has 1 atom stereocenters. The number of nitrogens with two attached hydrogens (primary N) is 1. The highest BCUT2D eigenvalue weighted by atomic mass is 16.5. The van der Waals surface area contributed by atoms with E-state index in [4.69, 9.17) is 10.5 Å². The lowest BCUT2D eigenvalue weighted by Crippen LogP contribution is -2.18. The minimum atomic E-state index is -0.269. The topological polar surface area (TPSA) is 52.3 Å². The SMILES string of the molecule is CCCC(N)C=C(C)C(=O)OCC. The molecule has 0 aliphatic rings. The molecular formula is C10H19NO2. The summed E-state index contributed by atoms with van der Waals surface area (Å²) in [5, 5.41) is 0. The van der Waals surface area contributed by atoms with E-state index in [-0.39, 0.29) is 12.0 Å². The molecule has 0 saturated carbocycles. The fourth-order valence-corrected chi connectivity index (χ4v) is 1.05. The van der Waals surface area contributed by atoms with Crippen LogP contribution in [0.4, 0.5) is 0 Å². The second-order valence-electron chi connectivity index (χ2n) is 3.02. The molecule has 0 aromatic carbocycles. The van der Waals surface area contributed by atoms with Crippen LogP contribution < -0.4 is 5.73 Å². The van der Waals surface area contributed by atoms with Gasteiger partial charge in [0.15, 0.2) is 0 Å². The Morgan fingerprint density at radius 1 is 1.54 bits per heavy atom. The summed E-state index contributed by atoms with van der Waals surface area (Å²) >= 11 is 0. The number of hydrogen-bond acceptors (Lipinski definition) is 3. The van der Waals surface area contributed by atoms with Crippen molar-refractivity contribution in [2.75, 3.05) is 6.61 Å². The lowest BCUT2D eigenvalue weighted by Gasteiger charge is -2.06. The largest absolute Gasteiger partial charge is 0.463 e. The first-order valence-electron chi connectivity index (χ1n) is 4.72. The highest BCUT2D eigenvalue weighted by Crippen LogP contribution is 2.02. The second kappa shape index (κ2) is 6.66. The third-order valence-corrected chi connectivity index (χ3v) is 1.68. The minimum Gasteiger partial charge on any atom is -0.463 e. The molecule has 0 saturated heterocycles. The van der Waals surface area contributed by atoms with Crippen LogP contribution in [0, 0.1) is 0 Å². The number of carbonyl (C=O) groups excluding carboxylic acids is 1. The number of ether oxygens (including phenoxy) is 1. The van der Waals surface area contributed by atoms with E-state index in [9.17, 15) is 4.79 Å². The van der Waals surface area contributed by atoms with Gasteiger partial charge in [-0.1, -0.05) is 19.4 Å². The highest BCUT2D eigenvalue weighted by molar-refractivity contribution is 5.87. The maximum absolute atomic E-state index is 11.1. The molecule has 1 unspecified atom stereocenters. The third kappa shape index (κ3) is 5.42. The molecule has 0 aromatic rings. The molecule has 76 valence electrons. The van der Waals surface area contributed by atoms with Gasteiger partial charge < -0.3 is 10.5 Å². The van der Waals surface area contributed by atoms with Crippen molar-refractivity contribution in [2.45, 2.75) is 39.7 Å². The van der Waals surface area contributed by atoms with Crippen molar-refractivity contribution in [1.82, 2.24) is 0 Å². The van der Waals surface area contributed by atoms with Crippen molar-refractivity contribution in [3.05, 3.63) is 11.6 Å². The summed E-state index contributed by atoms with van der Waals surface area (Å²) in [5.74, 6) is -0.269. The molecule has 0 aliphatic heterocycles. The van der Waals surface area contributed by atoms with Crippen molar-refractivity contribution in [3.63, 3.8) is 0 Å². The maximum atomic E-state index is 11.1. The van der Waals surface area contributed by atoms with Gasteiger partial charge in [-0.3, -0.25) is 0 Å². The molecule has 0 fully saturated rings. The van der Waals surface area contributed by atoms with Gasteiger partial charge in [0.05, 0.1) is 6.61 Å². The van der Waals surface area contributed by atoms with Crippen LogP contribution in [0.15, 0.2) is 11.6 Å². The van der Waals surface area contributed by atoms with E-state index in [1.165, 1.54) is 0 Å². The van der Waals surface area contributed by atoms with Gasteiger partial charge in [0.1, 0.15) is 0 Å². The molecule has 0 spiro atoms. The van der Waals surface area contributed by atoms with Crippen LogP contribution in [0.3, 0.4) is 0 Å². The van der Waals surface area contributed by atoms with E-state index in [1.807, 2.05) is 0 Å². The smallest absolute Gasteiger partial charge is 0.333 e. The van der Waals surface area contributed by atoms with Gasteiger partial charge in [-0.25, -0.2) is 4.79 Å². The number of esters is 1. The van der Waals surface area contributed by atoms with Crippen LogP contribution in [0.1, 0.15) is 33.6 Å². The van der Waals surface area contributed by atoms with Crippen molar-refractivity contribution in [3.8, 4) is 0 Å². The van der Waals surface area contributed by atoms with Gasteiger partial charge >= 0.3 is 5.97 Å². The van der Waals surface area contributed by atoms with Gasteiger partial charge in [0.25, 0.3) is 0 Å². The first-order valence-corrected chi connectivity index (χ1v) is 4.72. The number of hydrogen-bond donors (Lipinski definition) is 1. The van der Waals surface area contributed by atoms with Crippen LogP contribution in [0.5, 0.6) is 0 Å². The third-order valence-electron chi connectivity index (χ3n) is 1.68. The van der Waals surface area contributed by atoms with Crippen molar-refractivity contribution >= 4 is 5.97 Å². The molecule has 3 heteroatoms. The fourth-order valence-electron chi connectivity index (χ4n) is 1.05. The van der Waals surface area contributed by atoms with Crippen LogP contribution in [-0.4, -0.2) is 18.6 Å². The Kier molecular flexibility index (Phi) is 6.24. The average Bonchev–Trinajstić information content (AvgIpc) is 2.05. The maximum Gasteiger partial charge on any atom is 0.333 e. The molecule has 3 nitrogen and oxygen atoms in total. The van der Waals surface area contributed by atoms with Gasteiger partial charge in [0.2, 0.25) is 0 Å². The molecule has 0 aliphatic carbocycles. The molecule has 0 rings (SSSR count). The standard InChI is InChI=1S/C10H19NO2/c1-4-6-9(11)7-8(3)10(12)13-5-2/h7,9H,4-6,11H2,1-3H3. The predicted octanol–water partition coefficient (Wildman–Crippen LogP) is 1.62. The predicted molar refractivity (Wildman–Crippen MR) is 53.3 cm³/mol. The van der Waals surface area contributed by atoms with Crippen molar-refractivity contribution < 1.29 is 9.53 Å². The van der Waals surface area contributed by atoms with Crippen molar-refractivity contribution in [1.29, 1.82) is 0 Å². The zero-order valence-electron chi connectivity index (χ0n) is 8.67. The molecule has 2 N–H and O–H groups in total. The Hall–Kier alpha value is -0.830. The fraction of sp³-hybridized carbons (Fsp3) is 0.700. The summed E-state index contributed by atoms with van der Waals surface area (Å²) in [6.07, 6.45) is 3.69. The van der Waals surface area contributed by atoms with E-state index in [2.05, 4.69) is 6.92 Å². The first-order chi connectivity index (χ1) is 6.11. The number of carbonyl (C=O) groups is 1. The molecule has 13 heavy (non-hydrogen) atoms. The lowest BCUT2D eigenvalue weighted by atomic mass is 10.1. The van der Waals surface area contributed by atoms with E-state index >= 15 is 0 Å². The molecule has 0 aromatic heterocycles. The molecule has 0 radical (unpaired) electrons. The Labute approximate surface area is 79.9 Å². The molecule has 0 amide bonds. The van der Waals surface area contributed by atoms with Crippen LogP contribution in [0.25, 0.3) is 0 Å². The zero-order valence-corrected chi connectivity index (χ0v) is 8.67.